The van der Waals surface area contributed by atoms with Gasteiger partial charge in [-0.05, 0) is 56.1 Å². The van der Waals surface area contributed by atoms with Gasteiger partial charge in [0.1, 0.15) is 6.61 Å². The topological polar surface area (TPSA) is 111 Å². The van der Waals surface area contributed by atoms with Crippen molar-refractivity contribution < 1.29 is 32.0 Å². The molecule has 1 atom stereocenters. The van der Waals surface area contributed by atoms with Crippen LogP contribution >= 0.6 is 0 Å². The molecule has 0 aliphatic heterocycles. The van der Waals surface area contributed by atoms with Crippen LogP contribution in [0.15, 0.2) is 42.5 Å². The number of benzene rings is 2. The van der Waals surface area contributed by atoms with Crippen molar-refractivity contribution in [2.45, 2.75) is 32.2 Å². The van der Waals surface area contributed by atoms with Gasteiger partial charge in [0.25, 0.3) is 5.91 Å². The number of hydrogen-bond donors (Lipinski definition) is 3. The van der Waals surface area contributed by atoms with E-state index in [0.717, 1.165) is 18.2 Å². The van der Waals surface area contributed by atoms with Gasteiger partial charge in [-0.2, -0.15) is 0 Å². The summed E-state index contributed by atoms with van der Waals surface area (Å²) in [5.41, 5.74) is 5.62. The Kier molecular flexibility index (Phi) is 7.44. The van der Waals surface area contributed by atoms with Crippen molar-refractivity contribution in [3.05, 3.63) is 59.7 Å². The summed E-state index contributed by atoms with van der Waals surface area (Å²) in [4.78, 5) is 37.1. The van der Waals surface area contributed by atoms with Crippen LogP contribution in [0.3, 0.4) is 0 Å². The van der Waals surface area contributed by atoms with Crippen LogP contribution < -0.4 is 21.1 Å². The maximum atomic E-state index is 13.8. The molecule has 7 nitrogen and oxygen atoms in total. The lowest BCUT2D eigenvalue weighted by Crippen LogP contribution is -2.43. The number of halogens is 2. The molecular formula is C22H25F2N3O4. The minimum absolute atomic E-state index is 0.0565. The molecule has 0 saturated carbocycles. The molecule has 9 heteroatoms. The molecule has 166 valence electrons. The molecule has 2 aromatic rings. The Morgan fingerprint density at radius 2 is 1.84 bits per heavy atom. The van der Waals surface area contributed by atoms with Gasteiger partial charge in [-0.3, -0.25) is 14.4 Å². The Hall–Kier alpha value is -3.33. The molecule has 0 heterocycles. The van der Waals surface area contributed by atoms with Crippen LogP contribution in [0.5, 0.6) is 5.75 Å². The van der Waals surface area contributed by atoms with Gasteiger partial charge in [-0.1, -0.05) is 12.1 Å². The zero-order valence-corrected chi connectivity index (χ0v) is 16.6. The van der Waals surface area contributed by atoms with E-state index in [1.807, 2.05) is 0 Å². The quantitative estimate of drug-likeness (QED) is 0.469. The number of unbranched alkanes of at least 4 members (excludes halogenated alkanes) is 1. The molecule has 0 aromatic heterocycles. The number of Topliss-reactive ketones (excluding diaryl/α,β-unsaturated/α-hetero) is 1. The first kappa shape index (κ1) is 19.6. The third kappa shape index (κ3) is 7.45. The summed E-state index contributed by atoms with van der Waals surface area (Å²) in [6.07, 6.45) is 1.29. The number of rotatable bonds is 11. The molecule has 0 unspecified atom stereocenters. The number of hydrogen-bond acceptors (Lipinski definition) is 5. The highest BCUT2D eigenvalue weighted by molar-refractivity contribution is 5.99. The van der Waals surface area contributed by atoms with E-state index in [1.54, 1.807) is 0 Å². The Morgan fingerprint density at radius 1 is 1.13 bits per heavy atom. The average molecular weight is 436 g/mol. The van der Waals surface area contributed by atoms with Gasteiger partial charge in [0.05, 0.1) is 6.04 Å². The first-order valence-electron chi connectivity index (χ1n) is 11.0. The fourth-order valence-electron chi connectivity index (χ4n) is 2.78. The second-order valence-electron chi connectivity index (χ2n) is 6.65. The van der Waals surface area contributed by atoms with E-state index in [1.165, 1.54) is 24.3 Å². The summed E-state index contributed by atoms with van der Waals surface area (Å²) in [5, 5.41) is 4.74. The van der Waals surface area contributed by atoms with E-state index in [9.17, 15) is 23.2 Å². The summed E-state index contributed by atoms with van der Waals surface area (Å²) in [7, 11) is 0. The maximum Gasteiger partial charge on any atom is 0.251 e. The summed E-state index contributed by atoms with van der Waals surface area (Å²) >= 11 is 0. The Morgan fingerprint density at radius 3 is 2.52 bits per heavy atom. The lowest BCUT2D eigenvalue weighted by atomic mass is 10.0. The molecule has 0 bridgehead atoms. The van der Waals surface area contributed by atoms with Gasteiger partial charge < -0.3 is 21.1 Å². The number of anilines is 1. The van der Waals surface area contributed by atoms with Crippen molar-refractivity contribution in [2.24, 2.45) is 5.73 Å². The van der Waals surface area contributed by atoms with E-state index < -0.39 is 54.5 Å². The van der Waals surface area contributed by atoms with Gasteiger partial charge >= 0.3 is 0 Å². The maximum absolute atomic E-state index is 13.8. The van der Waals surface area contributed by atoms with Crippen molar-refractivity contribution in [1.29, 1.82) is 0 Å². The second kappa shape index (κ2) is 11.8. The highest BCUT2D eigenvalue weighted by Gasteiger charge is 2.23. The van der Waals surface area contributed by atoms with Gasteiger partial charge in [-0.25, -0.2) is 8.78 Å². The number of amides is 2. The lowest BCUT2D eigenvalue weighted by Gasteiger charge is -2.18. The van der Waals surface area contributed by atoms with Gasteiger partial charge in [-0.15, -0.1) is 0 Å². The smallest absolute Gasteiger partial charge is 0.251 e. The molecular weight excluding hydrogens is 408 g/mol. The molecule has 4 N–H and O–H groups in total. The Labute approximate surface area is 183 Å². The van der Waals surface area contributed by atoms with Gasteiger partial charge in [0, 0.05) is 22.2 Å². The van der Waals surface area contributed by atoms with E-state index >= 15 is 0 Å². The van der Waals surface area contributed by atoms with Crippen LogP contribution in [0, 0.1) is 11.6 Å². The second-order valence-corrected chi connectivity index (χ2v) is 6.65. The third-order valence-corrected chi connectivity index (χ3v) is 4.30. The first-order valence-corrected chi connectivity index (χ1v) is 9.55. The monoisotopic (exact) mass is 436 g/mol. The molecule has 0 aliphatic carbocycles. The van der Waals surface area contributed by atoms with Crippen molar-refractivity contribution in [3.8, 4) is 5.75 Å². The van der Waals surface area contributed by atoms with Crippen LogP contribution in [-0.2, 0) is 9.59 Å². The first-order chi connectivity index (χ1) is 16.0. The fraction of sp³-hybridized carbons (Fsp3) is 0.318. The summed E-state index contributed by atoms with van der Waals surface area (Å²) in [6, 6.07) is 7.60. The minimum Gasteiger partial charge on any atom is -0.480 e. The van der Waals surface area contributed by atoms with Crippen molar-refractivity contribution in [2.75, 3.05) is 18.5 Å². The molecule has 0 radical (unpaired) electrons. The van der Waals surface area contributed by atoms with E-state index in [0.29, 0.717) is 19.4 Å². The van der Waals surface area contributed by atoms with Crippen LogP contribution in [0.4, 0.5) is 14.5 Å². The number of ketones is 1. The zero-order chi connectivity index (χ0) is 25.3. The molecule has 0 saturated heterocycles. The zero-order valence-electron chi connectivity index (χ0n) is 19.6. The van der Waals surface area contributed by atoms with Crippen molar-refractivity contribution in [1.82, 2.24) is 5.32 Å². The van der Waals surface area contributed by atoms with Gasteiger partial charge in [0.15, 0.2) is 23.2 Å². The number of ether oxygens (including phenoxy) is 1. The molecule has 2 rings (SSSR count). The predicted molar refractivity (Wildman–Crippen MR) is 112 cm³/mol. The Bertz CT molecular complexity index is 1010. The fourth-order valence-corrected chi connectivity index (χ4v) is 2.78. The molecule has 0 fully saturated rings. The third-order valence-electron chi connectivity index (χ3n) is 4.30. The van der Waals surface area contributed by atoms with Crippen LogP contribution in [-0.4, -0.2) is 36.8 Å². The molecule has 0 aliphatic rings. The summed E-state index contributed by atoms with van der Waals surface area (Å²) in [5.74, 6) is -5.12. The highest BCUT2D eigenvalue weighted by Crippen LogP contribution is 2.21. The largest absolute Gasteiger partial charge is 0.480 e. The number of nitrogens with one attached hydrogen (secondary N) is 2. The normalized spacial score (nSPS) is 13.3. The minimum atomic E-state index is -2.86. The molecule has 2 amide bonds. The van der Waals surface area contributed by atoms with Crippen LogP contribution in [0.25, 0.3) is 0 Å². The molecule has 0 spiro atoms. The predicted octanol–water partition coefficient (Wildman–Crippen LogP) is 2.80. The highest BCUT2D eigenvalue weighted by atomic mass is 19.1. The molecule has 31 heavy (non-hydrogen) atoms. The summed E-state index contributed by atoms with van der Waals surface area (Å²) in [6.45, 7) is -3.17. The van der Waals surface area contributed by atoms with E-state index in [4.69, 9.17) is 14.6 Å². The standard InChI is InChI=1S/C22H25F2N3O4/c1-14(28)26-16-7-4-6-15(12-16)22(30)27-19(10-2-3-11-25)20(29)13-31-21-17(23)8-5-9-18(21)24/h4-9,12,19H,2-3,10-11,13,25H2,1H3,(H,26,28)(H,27,30)/t19-/m1/s1/i1D3. The van der Waals surface area contributed by atoms with Crippen molar-refractivity contribution >= 4 is 23.3 Å². The number of carbonyl (C=O) groups excluding carboxylic acids is 3. The molecule has 2 aromatic carbocycles. The SMILES string of the molecule is [2H]C([2H])([2H])C(=O)Nc1cccc(C(=O)N[C@H](CCCCN)C(=O)COc2c(F)cccc2F)c1. The Balaban J connectivity index is 2.11. The van der Waals surface area contributed by atoms with Crippen LogP contribution in [0.1, 0.15) is 40.6 Å². The van der Waals surface area contributed by atoms with E-state index in [2.05, 4.69) is 10.6 Å². The number of carbonyl (C=O) groups is 3. The summed E-state index contributed by atoms with van der Waals surface area (Å²) < 4.78 is 53.9. The van der Waals surface area contributed by atoms with E-state index in [-0.39, 0.29) is 17.7 Å². The lowest BCUT2D eigenvalue weighted by molar-refractivity contribution is -0.123. The number of nitrogens with two attached hydrogens (primary N) is 1. The van der Waals surface area contributed by atoms with Crippen LogP contribution in [0.2, 0.25) is 0 Å². The average Bonchev–Trinajstić information content (AvgIpc) is 2.77. The van der Waals surface area contributed by atoms with Crippen molar-refractivity contribution in [3.63, 3.8) is 0 Å². The van der Waals surface area contributed by atoms with Gasteiger partial charge in [0.2, 0.25) is 5.91 Å². The number of para-hydroxylation sites is 1.